The first-order chi connectivity index (χ1) is 6.66. The van der Waals surface area contributed by atoms with Gasteiger partial charge in [0.25, 0.3) is 0 Å². The smallest absolute Gasteiger partial charge is 0.0461 e. The summed E-state index contributed by atoms with van der Waals surface area (Å²) in [4.78, 5) is 6.99. The van der Waals surface area contributed by atoms with Crippen LogP contribution in [-0.4, -0.2) is 22.5 Å². The summed E-state index contributed by atoms with van der Waals surface area (Å²) < 4.78 is 0. The normalized spacial score (nSPS) is 17.1. The van der Waals surface area contributed by atoms with Crippen molar-refractivity contribution in [3.05, 3.63) is 29.1 Å². The third kappa shape index (κ3) is 1.80. The summed E-state index contributed by atoms with van der Waals surface area (Å²) in [5, 5.41) is 0. The van der Waals surface area contributed by atoms with Crippen LogP contribution in [0, 0.1) is 6.92 Å². The quantitative estimate of drug-likeness (QED) is 0.674. The predicted octanol–water partition coefficient (Wildman–Crippen LogP) is 2.16. The molecule has 0 atom stereocenters. The molecule has 0 aromatic carbocycles. The molecular formula is C12H18N2. The van der Waals surface area contributed by atoms with Crippen LogP contribution in [0.2, 0.25) is 0 Å². The van der Waals surface area contributed by atoms with Crippen LogP contribution in [0.15, 0.2) is 12.3 Å². The Kier molecular flexibility index (Phi) is 2.55. The number of aromatic nitrogens is 1. The van der Waals surface area contributed by atoms with Crippen molar-refractivity contribution in [3.8, 4) is 0 Å². The Morgan fingerprint density at radius 3 is 2.93 bits per heavy atom. The number of rotatable bonds is 1. The topological polar surface area (TPSA) is 16.1 Å². The average molecular weight is 190 g/mol. The number of nitrogens with zero attached hydrogens (tertiary/aromatic N) is 2. The molecule has 0 bridgehead atoms. The lowest BCUT2D eigenvalue weighted by atomic mass is 10.0. The van der Waals surface area contributed by atoms with Crippen molar-refractivity contribution in [2.24, 2.45) is 0 Å². The van der Waals surface area contributed by atoms with Crippen LogP contribution in [0.4, 0.5) is 0 Å². The Morgan fingerprint density at radius 1 is 1.43 bits per heavy atom. The highest BCUT2D eigenvalue weighted by molar-refractivity contribution is 5.26. The summed E-state index contributed by atoms with van der Waals surface area (Å²) in [6, 6.07) is 2.92. The molecule has 1 aliphatic rings. The zero-order valence-electron chi connectivity index (χ0n) is 9.25. The van der Waals surface area contributed by atoms with Crippen LogP contribution in [0.25, 0.3) is 0 Å². The van der Waals surface area contributed by atoms with Gasteiger partial charge in [-0.3, -0.25) is 9.88 Å². The minimum atomic E-state index is 0.642. The highest BCUT2D eigenvalue weighted by Crippen LogP contribution is 2.19. The Bertz CT molecular complexity index is 331. The van der Waals surface area contributed by atoms with E-state index in [0.29, 0.717) is 6.04 Å². The van der Waals surface area contributed by atoms with Crippen molar-refractivity contribution in [1.82, 2.24) is 9.88 Å². The summed E-state index contributed by atoms with van der Waals surface area (Å²) in [6.45, 7) is 8.85. The average Bonchev–Trinajstić information content (AvgIpc) is 2.16. The first-order valence-corrected chi connectivity index (χ1v) is 5.35. The van der Waals surface area contributed by atoms with Gasteiger partial charge < -0.3 is 0 Å². The van der Waals surface area contributed by atoms with E-state index in [1.165, 1.54) is 16.8 Å². The Hall–Kier alpha value is -0.890. The predicted molar refractivity (Wildman–Crippen MR) is 58.2 cm³/mol. The zero-order valence-corrected chi connectivity index (χ0v) is 9.25. The number of aryl methyl sites for hydroxylation is 1. The highest BCUT2D eigenvalue weighted by Gasteiger charge is 2.18. The fourth-order valence-corrected chi connectivity index (χ4v) is 2.01. The van der Waals surface area contributed by atoms with Gasteiger partial charge in [-0.2, -0.15) is 0 Å². The van der Waals surface area contributed by atoms with Gasteiger partial charge >= 0.3 is 0 Å². The van der Waals surface area contributed by atoms with Gasteiger partial charge in [0, 0.05) is 37.4 Å². The van der Waals surface area contributed by atoms with Gasteiger partial charge in [-0.1, -0.05) is 6.07 Å². The van der Waals surface area contributed by atoms with Gasteiger partial charge in [-0.15, -0.1) is 0 Å². The van der Waals surface area contributed by atoms with Crippen molar-refractivity contribution in [3.63, 3.8) is 0 Å². The van der Waals surface area contributed by atoms with Crippen LogP contribution in [0.1, 0.15) is 30.7 Å². The van der Waals surface area contributed by atoms with Crippen LogP contribution in [0.3, 0.4) is 0 Å². The molecule has 2 rings (SSSR count). The lowest BCUT2D eigenvalue weighted by Crippen LogP contribution is -2.36. The summed E-state index contributed by atoms with van der Waals surface area (Å²) in [7, 11) is 0. The van der Waals surface area contributed by atoms with Crippen LogP contribution in [0.5, 0.6) is 0 Å². The highest BCUT2D eigenvalue weighted by atomic mass is 15.2. The molecule has 1 aliphatic heterocycles. The molecular weight excluding hydrogens is 172 g/mol. The Labute approximate surface area is 86.0 Å². The van der Waals surface area contributed by atoms with Gasteiger partial charge in [-0.25, -0.2) is 0 Å². The Balaban J connectivity index is 2.24. The molecule has 0 amide bonds. The summed E-state index contributed by atoms with van der Waals surface area (Å²) in [5.41, 5.74) is 3.99. The molecule has 0 spiro atoms. The van der Waals surface area contributed by atoms with Crippen LogP contribution >= 0.6 is 0 Å². The maximum absolute atomic E-state index is 4.49. The molecule has 0 fully saturated rings. The van der Waals surface area contributed by atoms with Crippen LogP contribution in [-0.2, 0) is 13.0 Å². The molecule has 14 heavy (non-hydrogen) atoms. The van der Waals surface area contributed by atoms with Crippen molar-refractivity contribution in [2.45, 2.75) is 39.8 Å². The second kappa shape index (κ2) is 3.70. The molecule has 0 saturated carbocycles. The van der Waals surface area contributed by atoms with Gasteiger partial charge in [0.1, 0.15) is 0 Å². The SMILES string of the molecule is Cc1cnc2c(c1)CN(C(C)C)CC2. The number of pyridine rings is 1. The molecule has 2 heteroatoms. The number of hydrogen-bond donors (Lipinski definition) is 0. The van der Waals surface area contributed by atoms with Crippen molar-refractivity contribution in [1.29, 1.82) is 0 Å². The first-order valence-electron chi connectivity index (χ1n) is 5.35. The molecule has 0 saturated heterocycles. The van der Waals surface area contributed by atoms with E-state index >= 15 is 0 Å². The second-order valence-electron chi connectivity index (χ2n) is 4.43. The molecule has 2 nitrogen and oxygen atoms in total. The minimum Gasteiger partial charge on any atom is -0.296 e. The van der Waals surface area contributed by atoms with E-state index in [0.717, 1.165) is 19.5 Å². The van der Waals surface area contributed by atoms with Gasteiger partial charge in [0.2, 0.25) is 0 Å². The van der Waals surface area contributed by atoms with E-state index in [2.05, 4.69) is 36.7 Å². The van der Waals surface area contributed by atoms with E-state index in [4.69, 9.17) is 0 Å². The fourth-order valence-electron chi connectivity index (χ4n) is 2.01. The lowest BCUT2D eigenvalue weighted by Gasteiger charge is -2.31. The Morgan fingerprint density at radius 2 is 2.21 bits per heavy atom. The van der Waals surface area contributed by atoms with Gasteiger partial charge in [0.05, 0.1) is 0 Å². The van der Waals surface area contributed by atoms with Gasteiger partial charge in [-0.05, 0) is 31.9 Å². The molecule has 0 unspecified atom stereocenters. The van der Waals surface area contributed by atoms with Gasteiger partial charge in [0.15, 0.2) is 0 Å². The molecule has 76 valence electrons. The second-order valence-corrected chi connectivity index (χ2v) is 4.43. The minimum absolute atomic E-state index is 0.642. The van der Waals surface area contributed by atoms with Crippen molar-refractivity contribution >= 4 is 0 Å². The third-order valence-electron chi connectivity index (χ3n) is 2.94. The molecule has 2 heterocycles. The van der Waals surface area contributed by atoms with E-state index < -0.39 is 0 Å². The molecule has 1 aromatic rings. The standard InChI is InChI=1S/C12H18N2/c1-9(2)14-5-4-12-11(8-14)6-10(3)7-13-12/h6-7,9H,4-5,8H2,1-3H3. The summed E-state index contributed by atoms with van der Waals surface area (Å²) in [5.74, 6) is 0. The van der Waals surface area contributed by atoms with Crippen molar-refractivity contribution in [2.75, 3.05) is 6.54 Å². The largest absolute Gasteiger partial charge is 0.296 e. The number of fused-ring (bicyclic) bond motifs is 1. The van der Waals surface area contributed by atoms with Crippen LogP contribution < -0.4 is 0 Å². The molecule has 0 radical (unpaired) electrons. The maximum atomic E-state index is 4.49. The van der Waals surface area contributed by atoms with E-state index in [9.17, 15) is 0 Å². The first kappa shape index (κ1) is 9.66. The summed E-state index contributed by atoms with van der Waals surface area (Å²) >= 11 is 0. The monoisotopic (exact) mass is 190 g/mol. The van der Waals surface area contributed by atoms with E-state index in [-0.39, 0.29) is 0 Å². The number of hydrogen-bond acceptors (Lipinski definition) is 2. The third-order valence-corrected chi connectivity index (χ3v) is 2.94. The summed E-state index contributed by atoms with van der Waals surface area (Å²) in [6.07, 6.45) is 3.08. The molecule has 1 aromatic heterocycles. The maximum Gasteiger partial charge on any atom is 0.0461 e. The molecule has 0 aliphatic carbocycles. The fraction of sp³-hybridized carbons (Fsp3) is 0.583. The molecule has 0 N–H and O–H groups in total. The lowest BCUT2D eigenvalue weighted by molar-refractivity contribution is 0.201. The van der Waals surface area contributed by atoms with E-state index in [1.807, 2.05) is 6.20 Å². The van der Waals surface area contributed by atoms with Crippen molar-refractivity contribution < 1.29 is 0 Å². The van der Waals surface area contributed by atoms with E-state index in [1.54, 1.807) is 0 Å². The zero-order chi connectivity index (χ0) is 10.1.